The molecule has 0 spiro atoms. The highest BCUT2D eigenvalue weighted by Crippen LogP contribution is 2.18. The first-order valence-corrected chi connectivity index (χ1v) is 6.63. The summed E-state index contributed by atoms with van der Waals surface area (Å²) in [5.41, 5.74) is 0.714. The lowest BCUT2D eigenvalue weighted by atomic mass is 10.3. The predicted molar refractivity (Wildman–Crippen MR) is 72.1 cm³/mol. The number of pyridine rings is 1. The summed E-state index contributed by atoms with van der Waals surface area (Å²) in [6.07, 6.45) is 1.64. The molecule has 2 aromatic heterocycles. The Morgan fingerprint density at radius 3 is 2.56 bits per heavy atom. The Kier molecular flexibility index (Phi) is 4.19. The van der Waals surface area contributed by atoms with E-state index in [4.69, 9.17) is 23.2 Å². The Hall–Kier alpha value is -1.13. The molecule has 18 heavy (non-hydrogen) atoms. The molecule has 0 aliphatic carbocycles. The van der Waals surface area contributed by atoms with E-state index in [1.54, 1.807) is 12.1 Å². The van der Waals surface area contributed by atoms with Crippen molar-refractivity contribution in [2.45, 2.75) is 33.2 Å². The molecule has 0 saturated carbocycles. The van der Waals surface area contributed by atoms with Crippen LogP contribution in [0, 0.1) is 0 Å². The van der Waals surface area contributed by atoms with Gasteiger partial charge in [0.1, 0.15) is 11.0 Å². The lowest BCUT2D eigenvalue weighted by Gasteiger charge is -2.06. The molecular weight excluding hydrogens is 271 g/mol. The summed E-state index contributed by atoms with van der Waals surface area (Å²) in [4.78, 5) is 8.67. The maximum atomic E-state index is 6.10. The van der Waals surface area contributed by atoms with Crippen molar-refractivity contribution in [2.24, 2.45) is 0 Å². The van der Waals surface area contributed by atoms with Gasteiger partial charge in [-0.05, 0) is 12.1 Å². The second-order valence-electron chi connectivity index (χ2n) is 3.87. The fourth-order valence-electron chi connectivity index (χ4n) is 1.67. The van der Waals surface area contributed by atoms with Crippen LogP contribution in [0.4, 0.5) is 0 Å². The zero-order valence-electron chi connectivity index (χ0n) is 10.3. The summed E-state index contributed by atoms with van der Waals surface area (Å²) in [7, 11) is 0. The number of hydrogen-bond donors (Lipinski definition) is 0. The first-order valence-electron chi connectivity index (χ1n) is 5.87. The van der Waals surface area contributed by atoms with Gasteiger partial charge in [-0.3, -0.25) is 0 Å². The Morgan fingerprint density at radius 2 is 1.89 bits per heavy atom. The molecule has 2 heterocycles. The zero-order valence-corrected chi connectivity index (χ0v) is 11.8. The Balaban J connectivity index is 2.32. The van der Waals surface area contributed by atoms with Crippen molar-refractivity contribution in [1.82, 2.24) is 19.7 Å². The summed E-state index contributed by atoms with van der Waals surface area (Å²) in [6, 6.07) is 3.42. The van der Waals surface area contributed by atoms with Gasteiger partial charge >= 0.3 is 0 Å². The fourth-order valence-corrected chi connectivity index (χ4v) is 2.00. The van der Waals surface area contributed by atoms with E-state index < -0.39 is 0 Å². The molecule has 4 nitrogen and oxygen atoms in total. The normalized spacial score (nSPS) is 10.9. The molecule has 0 atom stereocenters. The molecule has 0 aliphatic rings. The number of halogens is 2. The van der Waals surface area contributed by atoms with Crippen molar-refractivity contribution in [1.29, 1.82) is 0 Å². The van der Waals surface area contributed by atoms with Gasteiger partial charge in [0.05, 0.1) is 17.3 Å². The average Bonchev–Trinajstić information content (AvgIpc) is 2.76. The largest absolute Gasteiger partial charge is 0.244 e. The first kappa shape index (κ1) is 13.3. The van der Waals surface area contributed by atoms with Gasteiger partial charge < -0.3 is 0 Å². The topological polar surface area (TPSA) is 43.6 Å². The van der Waals surface area contributed by atoms with Gasteiger partial charge in [0.15, 0.2) is 5.82 Å². The molecule has 0 aromatic carbocycles. The minimum Gasteiger partial charge on any atom is -0.244 e. The minimum atomic E-state index is 0.434. The van der Waals surface area contributed by atoms with Crippen molar-refractivity contribution < 1.29 is 0 Å². The maximum absolute atomic E-state index is 6.10. The third-order valence-corrected chi connectivity index (χ3v) is 3.16. The van der Waals surface area contributed by atoms with E-state index in [9.17, 15) is 0 Å². The van der Waals surface area contributed by atoms with Gasteiger partial charge in [-0.2, -0.15) is 5.10 Å². The third kappa shape index (κ3) is 2.82. The van der Waals surface area contributed by atoms with E-state index in [1.165, 1.54) is 0 Å². The second kappa shape index (κ2) is 5.67. The van der Waals surface area contributed by atoms with E-state index in [0.717, 1.165) is 24.5 Å². The van der Waals surface area contributed by atoms with Crippen LogP contribution in [-0.4, -0.2) is 19.7 Å². The third-order valence-electron chi connectivity index (χ3n) is 2.61. The van der Waals surface area contributed by atoms with Crippen molar-refractivity contribution in [3.8, 4) is 0 Å². The van der Waals surface area contributed by atoms with Crippen molar-refractivity contribution >= 4 is 23.2 Å². The highest BCUT2D eigenvalue weighted by atomic mass is 35.5. The van der Waals surface area contributed by atoms with Crippen molar-refractivity contribution in [2.75, 3.05) is 0 Å². The number of aryl methyl sites for hydroxylation is 2. The fraction of sp³-hybridized carbons (Fsp3) is 0.417. The van der Waals surface area contributed by atoms with Gasteiger partial charge in [-0.15, -0.1) is 0 Å². The molecular formula is C12H14Cl2N4. The molecule has 0 unspecified atom stereocenters. The minimum absolute atomic E-state index is 0.434. The van der Waals surface area contributed by atoms with Crippen LogP contribution in [0.3, 0.4) is 0 Å². The molecule has 0 amide bonds. The van der Waals surface area contributed by atoms with E-state index in [-0.39, 0.29) is 0 Å². The van der Waals surface area contributed by atoms with Gasteiger partial charge in [0.25, 0.3) is 0 Å². The van der Waals surface area contributed by atoms with Crippen LogP contribution in [-0.2, 0) is 19.4 Å². The lowest BCUT2D eigenvalue weighted by Crippen LogP contribution is -2.08. The number of nitrogens with zero attached hydrogens (tertiary/aromatic N) is 4. The molecule has 0 bridgehead atoms. The molecule has 0 N–H and O–H groups in total. The molecule has 96 valence electrons. The highest BCUT2D eigenvalue weighted by Gasteiger charge is 2.10. The van der Waals surface area contributed by atoms with Crippen LogP contribution < -0.4 is 0 Å². The number of aromatic nitrogens is 4. The quantitative estimate of drug-likeness (QED) is 0.810. The van der Waals surface area contributed by atoms with Crippen LogP contribution in [0.15, 0.2) is 12.1 Å². The van der Waals surface area contributed by atoms with Crippen LogP contribution >= 0.6 is 23.2 Å². The molecule has 0 aliphatic heterocycles. The van der Waals surface area contributed by atoms with Crippen molar-refractivity contribution in [3.63, 3.8) is 0 Å². The Morgan fingerprint density at radius 1 is 1.11 bits per heavy atom. The average molecular weight is 285 g/mol. The van der Waals surface area contributed by atoms with E-state index in [1.807, 2.05) is 18.5 Å². The second-order valence-corrected chi connectivity index (χ2v) is 4.67. The van der Waals surface area contributed by atoms with E-state index >= 15 is 0 Å². The van der Waals surface area contributed by atoms with Gasteiger partial charge in [-0.25, -0.2) is 14.6 Å². The zero-order chi connectivity index (χ0) is 13.1. The van der Waals surface area contributed by atoms with Crippen LogP contribution in [0.1, 0.15) is 31.2 Å². The van der Waals surface area contributed by atoms with E-state index in [0.29, 0.717) is 22.4 Å². The van der Waals surface area contributed by atoms with Gasteiger partial charge in [0.2, 0.25) is 0 Å². The van der Waals surface area contributed by atoms with Gasteiger partial charge in [0, 0.05) is 12.8 Å². The summed E-state index contributed by atoms with van der Waals surface area (Å²) in [5.74, 6) is 1.77. The Bertz CT molecular complexity index is 551. The molecule has 0 radical (unpaired) electrons. The first-order chi connectivity index (χ1) is 8.63. The van der Waals surface area contributed by atoms with Gasteiger partial charge in [-0.1, -0.05) is 37.0 Å². The molecule has 2 aromatic rings. The number of hydrogen-bond acceptors (Lipinski definition) is 3. The van der Waals surface area contributed by atoms with Crippen molar-refractivity contribution in [3.05, 3.63) is 39.7 Å². The smallest absolute Gasteiger partial charge is 0.150 e. The summed E-state index contributed by atoms with van der Waals surface area (Å²) < 4.78 is 1.84. The monoisotopic (exact) mass is 284 g/mol. The standard InChI is InChI=1S/C12H14Cl2N4/c1-3-11-16-12(4-2)18(17-11)7-9-8(13)5-6-10(14)15-9/h5-6H,3-4,7H2,1-2H3. The molecule has 0 saturated heterocycles. The number of rotatable bonds is 4. The van der Waals surface area contributed by atoms with Crippen LogP contribution in [0.5, 0.6) is 0 Å². The Labute approximate surface area is 116 Å². The summed E-state index contributed by atoms with van der Waals surface area (Å²) >= 11 is 12.0. The molecule has 6 heteroatoms. The molecule has 2 rings (SSSR count). The van der Waals surface area contributed by atoms with E-state index in [2.05, 4.69) is 15.1 Å². The van der Waals surface area contributed by atoms with Crippen LogP contribution in [0.25, 0.3) is 0 Å². The lowest BCUT2D eigenvalue weighted by molar-refractivity contribution is 0.627. The molecule has 0 fully saturated rings. The highest BCUT2D eigenvalue weighted by molar-refractivity contribution is 6.32. The van der Waals surface area contributed by atoms with Crippen LogP contribution in [0.2, 0.25) is 10.2 Å². The predicted octanol–water partition coefficient (Wildman–Crippen LogP) is 3.15. The maximum Gasteiger partial charge on any atom is 0.150 e. The summed E-state index contributed by atoms with van der Waals surface area (Å²) in [6.45, 7) is 4.58. The summed E-state index contributed by atoms with van der Waals surface area (Å²) in [5, 5.41) is 5.46. The SMILES string of the molecule is CCc1nc(CC)n(Cc2nc(Cl)ccc2Cl)n1.